The maximum Gasteiger partial charge on any atom is 0.350 e. The third kappa shape index (κ3) is 16.6. The number of halogens is 1. The van der Waals surface area contributed by atoms with Crippen molar-refractivity contribution in [3.05, 3.63) is 161 Å². The lowest BCUT2D eigenvalue weighted by molar-refractivity contribution is -0.312. The van der Waals surface area contributed by atoms with Crippen molar-refractivity contribution in [2.24, 2.45) is 45.5 Å². The number of aliphatic hydroxyl groups excluding tert-OH is 1. The Hall–Kier alpha value is -9.26. The highest BCUT2D eigenvalue weighted by Gasteiger charge is 2.75. The number of carbonyl (C=O) groups is 11. The fourth-order valence-electron chi connectivity index (χ4n) is 14.5. The number of fused-ring (bicyclic) bond motifs is 5. The molecule has 1 saturated heterocycles. The quantitative estimate of drug-likeness (QED) is 0.0103. The van der Waals surface area contributed by atoms with Gasteiger partial charge in [0.2, 0.25) is 35.6 Å². The summed E-state index contributed by atoms with van der Waals surface area (Å²) in [6.45, 7) is 11.9. The summed E-state index contributed by atoms with van der Waals surface area (Å²) in [5.41, 5.74) is 7.04. The average Bonchev–Trinajstić information content (AvgIpc) is 0.674. The summed E-state index contributed by atoms with van der Waals surface area (Å²) in [4.78, 5) is 150. The normalized spacial score (nSPS) is 25.4. The van der Waals surface area contributed by atoms with Crippen LogP contribution in [0.15, 0.2) is 132 Å². The van der Waals surface area contributed by atoms with E-state index >= 15 is 9.59 Å². The molecule has 1 heterocycles. The predicted octanol–water partition coefficient (Wildman–Crippen LogP) is 5.93. The monoisotopic (exact) mass is 1340 g/mol. The molecule has 0 radical (unpaired) electrons. The maximum atomic E-state index is 15.5. The standard InChI is InChI=1S/C73H87FN6O17/c1-41-52(39-73(93)64(97-68(91)47-23-15-10-16-24-47)62-71(6)40-94-54(71)38-53(82)72(62,7)63(87)42(2)59(41)70(73,4)5)95-69(92)61(60(45-19-11-8-12-20-45)80-67(90)46-21-13-9-14-22-46)96-58(86)35-34-55(83)77-36-18-17-25-50(66(76)89)79-57(85)33-29-48(65(75)88)37-51(81)43(3)78-56(84)32-28-44-26-30-49(74)31-27-44/h8-16,19-24,26-28,30-32,42-43,48,50,52-54,60-62,64,82,93H,17-18,25,29,33-40H2,1-7H3,(H2,75,88)(H2,76,89)(H,77,83)(H,78,84)(H,79,85)(H,80,90)/b32-28+/t42-,43?,48-,50?,52+,53+,54-,60-,61-,62-,64+,71-,72-,73-/m1/s1. The van der Waals surface area contributed by atoms with Gasteiger partial charge in [0.15, 0.2) is 5.78 Å². The number of Topliss-reactive ketones (excluding diaryl/α,β-unsaturated/α-hetero) is 2. The topological polar surface area (TPSA) is 365 Å². The van der Waals surface area contributed by atoms with Gasteiger partial charge in [0, 0.05) is 78.9 Å². The number of hydrogen-bond donors (Lipinski definition) is 8. The van der Waals surface area contributed by atoms with Gasteiger partial charge in [-0.3, -0.25) is 43.2 Å². The second kappa shape index (κ2) is 31.3. The summed E-state index contributed by atoms with van der Waals surface area (Å²) in [7, 11) is 0. The van der Waals surface area contributed by atoms with Crippen LogP contribution in [-0.2, 0) is 62.1 Å². The van der Waals surface area contributed by atoms with Crippen molar-refractivity contribution >= 4 is 71.0 Å². The van der Waals surface area contributed by atoms with Crippen LogP contribution < -0.4 is 32.7 Å². The van der Waals surface area contributed by atoms with Crippen molar-refractivity contribution in [3.63, 3.8) is 0 Å². The van der Waals surface area contributed by atoms with Crippen molar-refractivity contribution in [3.8, 4) is 0 Å². The lowest BCUT2D eigenvalue weighted by Crippen LogP contribution is -2.77. The average molecular weight is 1340 g/mol. The molecule has 3 aliphatic carbocycles. The zero-order chi connectivity index (χ0) is 70.7. The van der Waals surface area contributed by atoms with Gasteiger partial charge in [0.05, 0.1) is 42.3 Å². The molecule has 14 atom stereocenters. The molecule has 4 aromatic carbocycles. The summed E-state index contributed by atoms with van der Waals surface area (Å²) in [5, 5.41) is 36.6. The highest BCUT2D eigenvalue weighted by molar-refractivity contribution is 5.98. The number of primary amides is 2. The molecule has 0 aromatic heterocycles. The van der Waals surface area contributed by atoms with Crippen molar-refractivity contribution in [1.82, 2.24) is 21.3 Å². The number of aliphatic hydroxyl groups is 2. The SMILES string of the molecule is CC1=C2[C@@H](C)C(=O)[C@@]3(C)[C@H]([C@H](OC(=O)c4ccccc4)[C@](O)(C[C@@H]1OC(=O)[C@H](OC(=O)CCC(=O)NCCCCC(NC(=O)CC[C@H](CC(=O)C(C)NC(=O)/C=C/c1ccc(F)cc1)C(N)=O)C(N)=O)[C@H](NC(=O)c1ccccc1)c1ccccc1)C2(C)C)[C@]1(C)CO[C@@H]1C[C@@H]3O. The minimum absolute atomic E-state index is 0.0437. The molecule has 8 rings (SSSR count). The Morgan fingerprint density at radius 2 is 1.39 bits per heavy atom. The van der Waals surface area contributed by atoms with Crippen LogP contribution in [-0.4, -0.2) is 136 Å². The Morgan fingerprint density at radius 1 is 0.763 bits per heavy atom. The van der Waals surface area contributed by atoms with Crippen LogP contribution in [0.3, 0.4) is 0 Å². The molecule has 3 fully saturated rings. The van der Waals surface area contributed by atoms with E-state index in [4.69, 9.17) is 30.4 Å². The molecular weight excluding hydrogens is 1250 g/mol. The Balaban J connectivity index is 0.933. The molecule has 10 N–H and O–H groups in total. The summed E-state index contributed by atoms with van der Waals surface area (Å²) < 4.78 is 38.4. The maximum absolute atomic E-state index is 15.5. The second-order valence-corrected chi connectivity index (χ2v) is 26.8. The van der Waals surface area contributed by atoms with Crippen LogP contribution >= 0.6 is 0 Å². The number of unbranched alkanes of at least 4 members (excludes halogenated alkanes) is 1. The molecule has 24 heteroatoms. The molecular formula is C73H87FN6O17. The number of hydrogen-bond acceptors (Lipinski definition) is 17. The first kappa shape index (κ1) is 73.5. The largest absolute Gasteiger partial charge is 0.455 e. The Kier molecular flexibility index (Phi) is 23.7. The van der Waals surface area contributed by atoms with Gasteiger partial charge in [-0.05, 0) is 111 Å². The Morgan fingerprint density at radius 3 is 2.00 bits per heavy atom. The zero-order valence-electron chi connectivity index (χ0n) is 55.5. The minimum Gasteiger partial charge on any atom is -0.455 e. The lowest BCUT2D eigenvalue weighted by Gasteiger charge is -2.68. The molecule has 4 aliphatic rings. The zero-order valence-corrected chi connectivity index (χ0v) is 55.5. The van der Waals surface area contributed by atoms with E-state index in [1.54, 1.807) is 126 Å². The van der Waals surface area contributed by atoms with Crippen molar-refractivity contribution < 1.29 is 86.3 Å². The number of nitrogens with two attached hydrogens (primary N) is 2. The number of benzene rings is 4. The van der Waals surface area contributed by atoms with E-state index in [0.717, 1.165) is 6.08 Å². The van der Waals surface area contributed by atoms with Crippen LogP contribution in [0.4, 0.5) is 4.39 Å². The number of ether oxygens (including phenoxy) is 4. The summed E-state index contributed by atoms with van der Waals surface area (Å²) in [6, 6.07) is 26.1. The van der Waals surface area contributed by atoms with Crippen LogP contribution in [0.5, 0.6) is 0 Å². The molecule has 23 nitrogen and oxygen atoms in total. The molecule has 1 aliphatic heterocycles. The minimum atomic E-state index is -2.17. The van der Waals surface area contributed by atoms with E-state index in [1.807, 2.05) is 6.92 Å². The number of amides is 6. The molecule has 6 amide bonds. The number of carbonyl (C=O) groups excluding carboxylic acids is 11. The molecule has 2 saturated carbocycles. The van der Waals surface area contributed by atoms with Gasteiger partial charge in [-0.15, -0.1) is 0 Å². The van der Waals surface area contributed by atoms with E-state index in [-0.39, 0.29) is 68.6 Å². The first-order chi connectivity index (χ1) is 45.9. The van der Waals surface area contributed by atoms with Gasteiger partial charge >= 0.3 is 17.9 Å². The van der Waals surface area contributed by atoms with Gasteiger partial charge in [0.25, 0.3) is 5.91 Å². The van der Waals surface area contributed by atoms with E-state index in [9.17, 15) is 57.8 Å². The molecule has 97 heavy (non-hydrogen) atoms. The Bertz CT molecular complexity index is 3660. The van der Waals surface area contributed by atoms with E-state index in [2.05, 4.69) is 21.3 Å². The Labute approximate surface area is 562 Å². The highest BCUT2D eigenvalue weighted by Crippen LogP contribution is 2.66. The predicted molar refractivity (Wildman–Crippen MR) is 351 cm³/mol. The molecule has 2 unspecified atom stereocenters. The van der Waals surface area contributed by atoms with Gasteiger partial charge in [-0.1, -0.05) is 107 Å². The van der Waals surface area contributed by atoms with Crippen molar-refractivity contribution in [2.45, 2.75) is 167 Å². The molecule has 4 aromatic rings. The molecule has 518 valence electrons. The van der Waals surface area contributed by atoms with Crippen LogP contribution in [0.2, 0.25) is 0 Å². The van der Waals surface area contributed by atoms with Crippen LogP contribution in [0.25, 0.3) is 6.08 Å². The van der Waals surface area contributed by atoms with Gasteiger partial charge in [0.1, 0.15) is 41.5 Å². The van der Waals surface area contributed by atoms with E-state index in [0.29, 0.717) is 22.3 Å². The number of ketones is 2. The number of rotatable bonds is 29. The fourth-order valence-corrected chi connectivity index (χ4v) is 14.5. The third-order valence-corrected chi connectivity index (χ3v) is 20.1. The number of nitrogens with one attached hydrogen (secondary N) is 4. The second-order valence-electron chi connectivity index (χ2n) is 26.8. The summed E-state index contributed by atoms with van der Waals surface area (Å²) >= 11 is 0. The van der Waals surface area contributed by atoms with Gasteiger partial charge < -0.3 is 61.9 Å². The third-order valence-electron chi connectivity index (χ3n) is 20.1. The molecule has 2 bridgehead atoms. The van der Waals surface area contributed by atoms with Crippen LogP contribution in [0, 0.1) is 39.8 Å². The summed E-state index contributed by atoms with van der Waals surface area (Å²) in [5.74, 6) is -11.8. The van der Waals surface area contributed by atoms with E-state index < -0.39 is 179 Å². The molecule has 0 spiro atoms. The lowest BCUT2D eigenvalue weighted by atomic mass is 9.41. The first-order valence-electron chi connectivity index (χ1n) is 32.7. The number of esters is 3. The first-order valence-corrected chi connectivity index (χ1v) is 32.7. The smallest absolute Gasteiger partial charge is 0.350 e. The van der Waals surface area contributed by atoms with Crippen molar-refractivity contribution in [2.75, 3.05) is 13.2 Å². The summed E-state index contributed by atoms with van der Waals surface area (Å²) in [6.07, 6.45) is -5.83. The fraction of sp³-hybridized carbons (Fsp3) is 0.466. The van der Waals surface area contributed by atoms with Gasteiger partial charge in [-0.2, -0.15) is 0 Å². The van der Waals surface area contributed by atoms with Crippen molar-refractivity contribution in [1.29, 1.82) is 0 Å². The highest BCUT2D eigenvalue weighted by atomic mass is 19.1. The van der Waals surface area contributed by atoms with Gasteiger partial charge in [-0.25, -0.2) is 14.0 Å². The van der Waals surface area contributed by atoms with E-state index in [1.165, 1.54) is 37.3 Å². The van der Waals surface area contributed by atoms with Crippen LogP contribution in [0.1, 0.15) is 151 Å².